The third kappa shape index (κ3) is 2.58. The van der Waals surface area contributed by atoms with E-state index in [2.05, 4.69) is 0 Å². The summed E-state index contributed by atoms with van der Waals surface area (Å²) in [5.41, 5.74) is 3.17. The van der Waals surface area contributed by atoms with Gasteiger partial charge in [0.1, 0.15) is 0 Å². The van der Waals surface area contributed by atoms with Crippen molar-refractivity contribution in [1.82, 2.24) is 0 Å². The van der Waals surface area contributed by atoms with E-state index in [1.165, 1.54) is 5.56 Å². The third-order valence-electron chi connectivity index (χ3n) is 2.69. The first-order valence-electron chi connectivity index (χ1n) is 5.23. The number of rotatable bonds is 3. The molecule has 0 radical (unpaired) electrons. The highest BCUT2D eigenvalue weighted by atomic mass is 16.4. The molecule has 0 amide bonds. The number of carboxylic acid groups (broad SMARTS) is 1. The molecule has 0 aliphatic carbocycles. The van der Waals surface area contributed by atoms with Gasteiger partial charge >= 0.3 is 5.97 Å². The molecule has 0 saturated carbocycles. The van der Waals surface area contributed by atoms with Gasteiger partial charge in [0.15, 0.2) is 0 Å². The fourth-order valence-electron chi connectivity index (χ4n) is 1.95. The van der Waals surface area contributed by atoms with Crippen molar-refractivity contribution in [3.63, 3.8) is 0 Å². The summed E-state index contributed by atoms with van der Waals surface area (Å²) in [7, 11) is 0. The van der Waals surface area contributed by atoms with Gasteiger partial charge in [0.2, 0.25) is 0 Å². The van der Waals surface area contributed by atoms with Crippen molar-refractivity contribution in [3.05, 3.63) is 34.9 Å². The predicted octanol–water partition coefficient (Wildman–Crippen LogP) is 3.13. The highest BCUT2D eigenvalue weighted by molar-refractivity contribution is 5.77. The number of carboxylic acids is 1. The molecule has 1 aromatic rings. The first-order valence-corrected chi connectivity index (χ1v) is 5.23. The van der Waals surface area contributed by atoms with Gasteiger partial charge in [-0.1, -0.05) is 37.6 Å². The Balaban J connectivity index is 3.17. The van der Waals surface area contributed by atoms with Crippen molar-refractivity contribution in [2.45, 2.75) is 33.6 Å². The van der Waals surface area contributed by atoms with Gasteiger partial charge in [0.05, 0.1) is 5.92 Å². The van der Waals surface area contributed by atoms with Crippen LogP contribution in [-0.2, 0) is 4.79 Å². The van der Waals surface area contributed by atoms with E-state index >= 15 is 0 Å². The fourth-order valence-corrected chi connectivity index (χ4v) is 1.95. The molecule has 1 aromatic carbocycles. The zero-order valence-electron chi connectivity index (χ0n) is 9.74. The molecule has 0 aromatic heterocycles. The highest BCUT2D eigenvalue weighted by Crippen LogP contribution is 2.27. The number of carbonyl (C=O) groups is 1. The van der Waals surface area contributed by atoms with Gasteiger partial charge in [-0.3, -0.25) is 4.79 Å². The van der Waals surface area contributed by atoms with Crippen LogP contribution in [0.2, 0.25) is 0 Å². The van der Waals surface area contributed by atoms with Crippen molar-refractivity contribution >= 4 is 5.97 Å². The summed E-state index contributed by atoms with van der Waals surface area (Å²) in [5, 5.41) is 9.19. The number of aryl methyl sites for hydroxylation is 2. The minimum absolute atomic E-state index is 0.115. The number of benzene rings is 1. The normalized spacial score (nSPS) is 12.9. The van der Waals surface area contributed by atoms with E-state index < -0.39 is 11.9 Å². The van der Waals surface area contributed by atoms with Gasteiger partial charge in [-0.05, 0) is 30.9 Å². The molecule has 0 fully saturated rings. The van der Waals surface area contributed by atoms with E-state index in [-0.39, 0.29) is 5.92 Å². The lowest BCUT2D eigenvalue weighted by molar-refractivity contribution is -0.139. The zero-order valence-corrected chi connectivity index (χ0v) is 9.74. The topological polar surface area (TPSA) is 37.3 Å². The lowest BCUT2D eigenvalue weighted by atomic mass is 9.85. The van der Waals surface area contributed by atoms with E-state index in [1.807, 2.05) is 45.9 Å². The van der Waals surface area contributed by atoms with Crippen molar-refractivity contribution in [3.8, 4) is 0 Å². The Morgan fingerprint density at radius 1 is 1.27 bits per heavy atom. The molecule has 15 heavy (non-hydrogen) atoms. The third-order valence-corrected chi connectivity index (χ3v) is 2.69. The smallest absolute Gasteiger partial charge is 0.311 e. The van der Waals surface area contributed by atoms with Gasteiger partial charge in [-0.25, -0.2) is 0 Å². The first kappa shape index (κ1) is 11.8. The molecule has 0 spiro atoms. The molecule has 1 rings (SSSR count). The minimum Gasteiger partial charge on any atom is -0.481 e. The second kappa shape index (κ2) is 4.47. The molecule has 82 valence electrons. The number of aliphatic carboxylic acids is 1. The molecule has 0 heterocycles. The van der Waals surface area contributed by atoms with Gasteiger partial charge < -0.3 is 5.11 Å². The average Bonchev–Trinajstić information content (AvgIpc) is 2.08. The van der Waals surface area contributed by atoms with Gasteiger partial charge in [-0.2, -0.15) is 0 Å². The molecule has 0 aliphatic heterocycles. The molecule has 0 aliphatic rings. The first-order chi connectivity index (χ1) is 6.93. The van der Waals surface area contributed by atoms with Crippen LogP contribution < -0.4 is 0 Å². The quantitative estimate of drug-likeness (QED) is 0.825. The molecule has 1 atom stereocenters. The summed E-state index contributed by atoms with van der Waals surface area (Å²) in [6, 6.07) is 5.94. The van der Waals surface area contributed by atoms with Crippen LogP contribution >= 0.6 is 0 Å². The molecule has 2 heteroatoms. The monoisotopic (exact) mass is 206 g/mol. The van der Waals surface area contributed by atoms with Gasteiger partial charge in [0.25, 0.3) is 0 Å². The van der Waals surface area contributed by atoms with Crippen LogP contribution in [0.5, 0.6) is 0 Å². The second-order valence-electron chi connectivity index (χ2n) is 4.42. The van der Waals surface area contributed by atoms with E-state index in [0.29, 0.717) is 0 Å². The molecular weight excluding hydrogens is 188 g/mol. The van der Waals surface area contributed by atoms with Crippen molar-refractivity contribution in [1.29, 1.82) is 0 Å². The summed E-state index contributed by atoms with van der Waals surface area (Å²) in [4.78, 5) is 11.2. The Bertz CT molecular complexity index is 367. The van der Waals surface area contributed by atoms with E-state index in [4.69, 9.17) is 0 Å². The largest absolute Gasteiger partial charge is 0.481 e. The summed E-state index contributed by atoms with van der Waals surface area (Å²) in [5.74, 6) is -1.02. The summed E-state index contributed by atoms with van der Waals surface area (Å²) in [6.07, 6.45) is 0. The Kier molecular flexibility index (Phi) is 3.51. The van der Waals surface area contributed by atoms with Crippen LogP contribution in [0.25, 0.3) is 0 Å². The van der Waals surface area contributed by atoms with Gasteiger partial charge in [0, 0.05) is 0 Å². The van der Waals surface area contributed by atoms with Crippen LogP contribution in [-0.4, -0.2) is 11.1 Å². The second-order valence-corrected chi connectivity index (χ2v) is 4.42. The van der Waals surface area contributed by atoms with E-state index in [1.54, 1.807) is 0 Å². The number of hydrogen-bond acceptors (Lipinski definition) is 1. The molecular formula is C13H18O2. The molecule has 0 saturated heterocycles. The van der Waals surface area contributed by atoms with Crippen LogP contribution in [0.1, 0.15) is 36.5 Å². The summed E-state index contributed by atoms with van der Waals surface area (Å²) in [6.45, 7) is 7.87. The summed E-state index contributed by atoms with van der Waals surface area (Å²) >= 11 is 0. The standard InChI is InChI=1S/C13H18O2/c1-8(2)12(13(14)15)11-6-5-9(3)7-10(11)4/h5-8,12H,1-4H3,(H,14,15). The highest BCUT2D eigenvalue weighted by Gasteiger charge is 2.24. The van der Waals surface area contributed by atoms with Crippen LogP contribution in [0.3, 0.4) is 0 Å². The maximum atomic E-state index is 11.2. The predicted molar refractivity (Wildman–Crippen MR) is 61.1 cm³/mol. The van der Waals surface area contributed by atoms with Crippen molar-refractivity contribution < 1.29 is 9.90 Å². The lowest BCUT2D eigenvalue weighted by Crippen LogP contribution is -2.18. The van der Waals surface area contributed by atoms with Gasteiger partial charge in [-0.15, -0.1) is 0 Å². The Hall–Kier alpha value is -1.31. The molecule has 2 nitrogen and oxygen atoms in total. The van der Waals surface area contributed by atoms with Crippen LogP contribution in [0.15, 0.2) is 18.2 Å². The van der Waals surface area contributed by atoms with Crippen LogP contribution in [0.4, 0.5) is 0 Å². The minimum atomic E-state index is -0.739. The number of hydrogen-bond donors (Lipinski definition) is 1. The maximum absolute atomic E-state index is 11.2. The maximum Gasteiger partial charge on any atom is 0.311 e. The lowest BCUT2D eigenvalue weighted by Gasteiger charge is -2.19. The zero-order chi connectivity index (χ0) is 11.6. The van der Waals surface area contributed by atoms with E-state index in [0.717, 1.165) is 11.1 Å². The SMILES string of the molecule is Cc1ccc(C(C(=O)O)C(C)C)c(C)c1. The van der Waals surface area contributed by atoms with Crippen molar-refractivity contribution in [2.75, 3.05) is 0 Å². The Morgan fingerprint density at radius 2 is 1.87 bits per heavy atom. The Morgan fingerprint density at radius 3 is 2.27 bits per heavy atom. The van der Waals surface area contributed by atoms with Crippen LogP contribution in [0, 0.1) is 19.8 Å². The molecule has 0 bridgehead atoms. The summed E-state index contributed by atoms with van der Waals surface area (Å²) < 4.78 is 0. The fraction of sp³-hybridized carbons (Fsp3) is 0.462. The molecule has 1 unspecified atom stereocenters. The Labute approximate surface area is 90.9 Å². The van der Waals surface area contributed by atoms with Crippen molar-refractivity contribution in [2.24, 2.45) is 5.92 Å². The molecule has 1 N–H and O–H groups in total. The average molecular weight is 206 g/mol. The van der Waals surface area contributed by atoms with E-state index in [9.17, 15) is 9.90 Å².